The monoisotopic (exact) mass is 339 g/mol. The molecular formula is C12H15Cl2NO4S. The highest BCUT2D eigenvalue weighted by Gasteiger charge is 2.39. The molecule has 0 spiro atoms. The first-order valence-corrected chi connectivity index (χ1v) is 8.17. The summed E-state index contributed by atoms with van der Waals surface area (Å²) in [5.74, 6) is 0. The summed E-state index contributed by atoms with van der Waals surface area (Å²) in [6, 6.07) is 1.60. The number of hydrogen-bond acceptors (Lipinski definition) is 4. The van der Waals surface area contributed by atoms with Crippen LogP contribution in [0.3, 0.4) is 0 Å². The first-order chi connectivity index (χ1) is 9.16. The van der Waals surface area contributed by atoms with Crippen LogP contribution in [0, 0.1) is 13.8 Å². The van der Waals surface area contributed by atoms with Crippen molar-refractivity contribution in [3.05, 3.63) is 27.2 Å². The second kappa shape index (κ2) is 5.44. The Hall–Kier alpha value is -0.370. The molecular weight excluding hydrogens is 325 g/mol. The molecule has 112 valence electrons. The number of aliphatic hydroxyl groups excluding tert-OH is 2. The maximum absolute atomic E-state index is 12.6. The average Bonchev–Trinajstić information content (AvgIpc) is 2.68. The number of aliphatic hydroxyl groups is 2. The van der Waals surface area contributed by atoms with Gasteiger partial charge in [-0.1, -0.05) is 23.2 Å². The lowest BCUT2D eigenvalue weighted by molar-refractivity contribution is 0.0572. The Morgan fingerprint density at radius 2 is 1.70 bits per heavy atom. The number of halogens is 2. The van der Waals surface area contributed by atoms with Gasteiger partial charge in [-0.2, -0.15) is 4.31 Å². The van der Waals surface area contributed by atoms with E-state index < -0.39 is 22.2 Å². The third-order valence-corrected chi connectivity index (χ3v) is 6.41. The van der Waals surface area contributed by atoms with Gasteiger partial charge in [0, 0.05) is 18.1 Å². The van der Waals surface area contributed by atoms with E-state index in [1.165, 1.54) is 0 Å². The number of rotatable bonds is 2. The Bertz CT molecular complexity index is 611. The van der Waals surface area contributed by atoms with Gasteiger partial charge in [0.1, 0.15) is 4.90 Å². The van der Waals surface area contributed by atoms with Gasteiger partial charge in [0.05, 0.1) is 17.2 Å². The van der Waals surface area contributed by atoms with Gasteiger partial charge < -0.3 is 10.2 Å². The van der Waals surface area contributed by atoms with Crippen molar-refractivity contribution in [1.82, 2.24) is 4.31 Å². The fourth-order valence-electron chi connectivity index (χ4n) is 2.18. The molecule has 0 aliphatic carbocycles. The molecule has 0 bridgehead atoms. The van der Waals surface area contributed by atoms with Gasteiger partial charge >= 0.3 is 0 Å². The van der Waals surface area contributed by atoms with E-state index in [1.807, 2.05) is 0 Å². The van der Waals surface area contributed by atoms with Crippen molar-refractivity contribution in [3.63, 3.8) is 0 Å². The lowest BCUT2D eigenvalue weighted by Crippen LogP contribution is -2.31. The molecule has 2 unspecified atom stereocenters. The molecule has 1 aromatic rings. The molecule has 0 aromatic heterocycles. The van der Waals surface area contributed by atoms with Crippen LogP contribution in [-0.4, -0.2) is 48.2 Å². The van der Waals surface area contributed by atoms with Crippen molar-refractivity contribution in [2.24, 2.45) is 0 Å². The quantitative estimate of drug-likeness (QED) is 0.852. The minimum Gasteiger partial charge on any atom is -0.389 e. The van der Waals surface area contributed by atoms with Gasteiger partial charge in [-0.05, 0) is 31.0 Å². The zero-order valence-corrected chi connectivity index (χ0v) is 13.3. The number of hydrogen-bond donors (Lipinski definition) is 2. The normalized spacial score (nSPS) is 24.3. The summed E-state index contributed by atoms with van der Waals surface area (Å²) in [5, 5.41) is 19.4. The van der Waals surface area contributed by atoms with Crippen LogP contribution in [0.5, 0.6) is 0 Å². The summed E-state index contributed by atoms with van der Waals surface area (Å²) >= 11 is 12.1. The predicted octanol–water partition coefficient (Wildman–Crippen LogP) is 1.34. The zero-order chi connectivity index (χ0) is 15.2. The molecule has 8 heteroatoms. The van der Waals surface area contributed by atoms with Crippen LogP contribution in [0.4, 0.5) is 0 Å². The first kappa shape index (κ1) is 16.0. The summed E-state index contributed by atoms with van der Waals surface area (Å²) in [6.07, 6.45) is -2.19. The number of aryl methyl sites for hydroxylation is 1. The van der Waals surface area contributed by atoms with Crippen LogP contribution in [0.2, 0.25) is 10.0 Å². The van der Waals surface area contributed by atoms with Crippen molar-refractivity contribution in [1.29, 1.82) is 0 Å². The highest BCUT2D eigenvalue weighted by Crippen LogP contribution is 2.36. The summed E-state index contributed by atoms with van der Waals surface area (Å²) in [5.41, 5.74) is 0.916. The molecule has 0 amide bonds. The minimum absolute atomic E-state index is 0.0644. The van der Waals surface area contributed by atoms with Gasteiger partial charge in [0.15, 0.2) is 0 Å². The smallest absolute Gasteiger partial charge is 0.245 e. The second-order valence-electron chi connectivity index (χ2n) is 4.90. The van der Waals surface area contributed by atoms with E-state index in [0.29, 0.717) is 16.1 Å². The summed E-state index contributed by atoms with van der Waals surface area (Å²) in [7, 11) is -3.91. The highest BCUT2D eigenvalue weighted by molar-refractivity contribution is 7.89. The van der Waals surface area contributed by atoms with Gasteiger partial charge in [-0.25, -0.2) is 8.42 Å². The minimum atomic E-state index is -3.91. The number of benzene rings is 1. The summed E-state index contributed by atoms with van der Waals surface area (Å²) in [4.78, 5) is -0.0644. The van der Waals surface area contributed by atoms with Crippen molar-refractivity contribution >= 4 is 33.2 Å². The van der Waals surface area contributed by atoms with Gasteiger partial charge in [0.2, 0.25) is 10.0 Å². The molecule has 2 atom stereocenters. The van der Waals surface area contributed by atoms with Crippen LogP contribution in [-0.2, 0) is 10.0 Å². The van der Waals surface area contributed by atoms with Gasteiger partial charge in [-0.3, -0.25) is 0 Å². The molecule has 1 aliphatic heterocycles. The highest BCUT2D eigenvalue weighted by atomic mass is 35.5. The number of sulfonamides is 1. The van der Waals surface area contributed by atoms with Gasteiger partial charge in [0.25, 0.3) is 0 Å². The molecule has 1 saturated heterocycles. The molecule has 0 saturated carbocycles. The van der Waals surface area contributed by atoms with E-state index in [-0.39, 0.29) is 23.0 Å². The average molecular weight is 340 g/mol. The van der Waals surface area contributed by atoms with E-state index >= 15 is 0 Å². The van der Waals surface area contributed by atoms with E-state index in [9.17, 15) is 18.6 Å². The summed E-state index contributed by atoms with van der Waals surface area (Å²) < 4.78 is 26.3. The Morgan fingerprint density at radius 1 is 1.20 bits per heavy atom. The fourth-order valence-corrected chi connectivity index (χ4v) is 4.82. The third-order valence-electron chi connectivity index (χ3n) is 3.41. The molecule has 2 N–H and O–H groups in total. The molecule has 20 heavy (non-hydrogen) atoms. The molecule has 0 radical (unpaired) electrons. The SMILES string of the molecule is Cc1cc(Cl)c(C)c(S(=O)(=O)N2CC(O)C(O)C2)c1Cl. The predicted molar refractivity (Wildman–Crippen MR) is 76.7 cm³/mol. The van der Waals surface area contributed by atoms with Crippen LogP contribution in [0.15, 0.2) is 11.0 Å². The zero-order valence-electron chi connectivity index (χ0n) is 11.0. The second-order valence-corrected chi connectivity index (χ2v) is 7.56. The van der Waals surface area contributed by atoms with Crippen molar-refractivity contribution in [3.8, 4) is 0 Å². The Kier molecular flexibility index (Phi) is 4.35. The lowest BCUT2D eigenvalue weighted by Gasteiger charge is -2.19. The molecule has 1 heterocycles. The molecule has 1 fully saturated rings. The third kappa shape index (κ3) is 2.56. The van der Waals surface area contributed by atoms with Crippen LogP contribution >= 0.6 is 23.2 Å². The molecule has 5 nitrogen and oxygen atoms in total. The van der Waals surface area contributed by atoms with Crippen molar-refractivity contribution in [2.45, 2.75) is 31.0 Å². The standard InChI is InChI=1S/C12H15Cl2NO4S/c1-6-3-8(13)7(2)12(11(6)14)20(18,19)15-4-9(16)10(17)5-15/h3,9-10,16-17H,4-5H2,1-2H3. The fraction of sp³-hybridized carbons (Fsp3) is 0.500. The molecule has 1 aromatic carbocycles. The Labute approximate surface area is 127 Å². The topological polar surface area (TPSA) is 77.8 Å². The van der Waals surface area contributed by atoms with Crippen LogP contribution in [0.1, 0.15) is 11.1 Å². The van der Waals surface area contributed by atoms with Crippen LogP contribution < -0.4 is 0 Å². The molecule has 1 aliphatic rings. The first-order valence-electron chi connectivity index (χ1n) is 5.97. The van der Waals surface area contributed by atoms with E-state index in [2.05, 4.69) is 0 Å². The Balaban J connectivity index is 2.56. The lowest BCUT2D eigenvalue weighted by atomic mass is 10.2. The number of β-amino-alcohol motifs (C(OH)–C–C–N with tert-alkyl or cyclic N) is 2. The van der Waals surface area contributed by atoms with Crippen molar-refractivity contribution < 1.29 is 18.6 Å². The Morgan fingerprint density at radius 3 is 2.20 bits per heavy atom. The van der Waals surface area contributed by atoms with Gasteiger partial charge in [-0.15, -0.1) is 0 Å². The van der Waals surface area contributed by atoms with E-state index in [4.69, 9.17) is 23.2 Å². The summed E-state index contributed by atoms with van der Waals surface area (Å²) in [6.45, 7) is 2.92. The van der Waals surface area contributed by atoms with Crippen LogP contribution in [0.25, 0.3) is 0 Å². The van der Waals surface area contributed by atoms with Crippen molar-refractivity contribution in [2.75, 3.05) is 13.1 Å². The largest absolute Gasteiger partial charge is 0.389 e. The van der Waals surface area contributed by atoms with E-state index in [1.54, 1.807) is 19.9 Å². The maximum Gasteiger partial charge on any atom is 0.245 e. The molecule has 2 rings (SSSR count). The van der Waals surface area contributed by atoms with E-state index in [0.717, 1.165) is 4.31 Å². The number of nitrogens with zero attached hydrogens (tertiary/aromatic N) is 1. The maximum atomic E-state index is 12.6.